The maximum Gasteiger partial charge on any atom is 0.125 e. The number of alkyl halides is 1. The van der Waals surface area contributed by atoms with Crippen LogP contribution in [0.1, 0.15) is 11.4 Å². The van der Waals surface area contributed by atoms with Crippen LogP contribution in [0.3, 0.4) is 0 Å². The van der Waals surface area contributed by atoms with Crippen LogP contribution in [0.25, 0.3) is 16.7 Å². The predicted octanol–water partition coefficient (Wildman–Crippen LogP) is 5.02. The monoisotopic (exact) mass is 366 g/mol. The second-order valence-corrected chi connectivity index (χ2v) is 6.22. The minimum Gasteiger partial charge on any atom is -0.296 e. The first-order valence-corrected chi connectivity index (χ1v) is 7.91. The number of hydrogen-bond donors (Lipinski definition) is 0. The second-order valence-electron chi connectivity index (χ2n) is 4.92. The molecule has 2 aromatic carbocycles. The molecule has 0 saturated carbocycles. The summed E-state index contributed by atoms with van der Waals surface area (Å²) in [5.74, 6) is 1.06. The molecule has 5 heteroatoms. The molecular weight excluding hydrogens is 355 g/mol. The van der Waals surface area contributed by atoms with Crippen molar-refractivity contribution in [3.05, 3.63) is 58.1 Å². The minimum atomic E-state index is -0.251. The van der Waals surface area contributed by atoms with E-state index >= 15 is 0 Å². The highest BCUT2D eigenvalue weighted by molar-refractivity contribution is 9.10. The van der Waals surface area contributed by atoms with E-state index in [1.807, 2.05) is 35.8 Å². The summed E-state index contributed by atoms with van der Waals surface area (Å²) < 4.78 is 16.7. The first-order valence-electron chi connectivity index (χ1n) is 6.59. The molecule has 0 bridgehead atoms. The summed E-state index contributed by atoms with van der Waals surface area (Å²) >= 11 is 9.36. The topological polar surface area (TPSA) is 17.8 Å². The number of aryl methyl sites for hydroxylation is 2. The summed E-state index contributed by atoms with van der Waals surface area (Å²) in [4.78, 5) is 4.61. The van der Waals surface area contributed by atoms with Gasteiger partial charge in [-0.3, -0.25) is 4.57 Å². The van der Waals surface area contributed by atoms with E-state index in [0.29, 0.717) is 12.3 Å². The molecule has 0 aliphatic rings. The molecule has 2 nitrogen and oxygen atoms in total. The van der Waals surface area contributed by atoms with Gasteiger partial charge < -0.3 is 0 Å². The number of benzene rings is 2. The molecule has 0 saturated heterocycles. The van der Waals surface area contributed by atoms with Crippen LogP contribution in [0.5, 0.6) is 0 Å². The number of imidazole rings is 1. The number of hydrogen-bond acceptors (Lipinski definition) is 1. The fraction of sp³-hybridized carbons (Fsp3) is 0.188. The van der Waals surface area contributed by atoms with Gasteiger partial charge in [-0.25, -0.2) is 9.37 Å². The molecule has 0 N–H and O–H groups in total. The third kappa shape index (κ3) is 2.83. The Labute approximate surface area is 135 Å². The highest BCUT2D eigenvalue weighted by Crippen LogP contribution is 2.26. The van der Waals surface area contributed by atoms with Crippen molar-refractivity contribution in [3.8, 4) is 5.69 Å². The van der Waals surface area contributed by atoms with Crippen LogP contribution < -0.4 is 0 Å². The van der Waals surface area contributed by atoms with Gasteiger partial charge in [0.2, 0.25) is 0 Å². The lowest BCUT2D eigenvalue weighted by atomic mass is 10.2. The van der Waals surface area contributed by atoms with Crippen LogP contribution >= 0.6 is 27.5 Å². The van der Waals surface area contributed by atoms with E-state index in [9.17, 15) is 4.39 Å². The number of aromatic nitrogens is 2. The Morgan fingerprint density at radius 3 is 2.76 bits per heavy atom. The standard InChI is InChI=1S/C16H13BrClFN2/c1-10-6-12(19)9-13(7-10)21-15-8-11(17)2-3-14(15)20-16(21)4-5-18/h2-3,6-9H,4-5H2,1H3. The number of halogens is 3. The Morgan fingerprint density at radius 2 is 2.05 bits per heavy atom. The highest BCUT2D eigenvalue weighted by atomic mass is 79.9. The molecule has 0 fully saturated rings. The number of fused-ring (bicyclic) bond motifs is 1. The summed E-state index contributed by atoms with van der Waals surface area (Å²) in [5.41, 5.74) is 3.46. The van der Waals surface area contributed by atoms with Crippen LogP contribution in [-0.4, -0.2) is 15.4 Å². The molecule has 3 aromatic rings. The fourth-order valence-electron chi connectivity index (χ4n) is 2.48. The maximum absolute atomic E-state index is 13.7. The predicted molar refractivity (Wildman–Crippen MR) is 87.9 cm³/mol. The van der Waals surface area contributed by atoms with Gasteiger partial charge in [0.15, 0.2) is 0 Å². The quantitative estimate of drug-likeness (QED) is 0.595. The third-order valence-corrected chi connectivity index (χ3v) is 3.97. The highest BCUT2D eigenvalue weighted by Gasteiger charge is 2.13. The van der Waals surface area contributed by atoms with Crippen LogP contribution in [0.4, 0.5) is 4.39 Å². The lowest BCUT2D eigenvalue weighted by Crippen LogP contribution is -2.03. The van der Waals surface area contributed by atoms with Crippen LogP contribution in [0.2, 0.25) is 0 Å². The average Bonchev–Trinajstić information content (AvgIpc) is 2.75. The van der Waals surface area contributed by atoms with Crippen molar-refractivity contribution in [3.63, 3.8) is 0 Å². The van der Waals surface area contributed by atoms with E-state index in [4.69, 9.17) is 11.6 Å². The summed E-state index contributed by atoms with van der Waals surface area (Å²) in [6, 6.07) is 10.9. The van der Waals surface area contributed by atoms with Gasteiger partial charge in [0, 0.05) is 16.8 Å². The zero-order valence-corrected chi connectivity index (χ0v) is 13.7. The first-order chi connectivity index (χ1) is 10.1. The zero-order chi connectivity index (χ0) is 15.0. The fourth-order valence-corrected chi connectivity index (χ4v) is 3.00. The van der Waals surface area contributed by atoms with Crippen molar-refractivity contribution in [1.82, 2.24) is 9.55 Å². The molecule has 0 atom stereocenters. The van der Waals surface area contributed by atoms with Gasteiger partial charge in [-0.2, -0.15) is 0 Å². The van der Waals surface area contributed by atoms with Gasteiger partial charge in [0.1, 0.15) is 11.6 Å². The van der Waals surface area contributed by atoms with Crippen LogP contribution in [-0.2, 0) is 6.42 Å². The number of nitrogens with zero attached hydrogens (tertiary/aromatic N) is 2. The molecule has 0 unspecified atom stereocenters. The van der Waals surface area contributed by atoms with Gasteiger partial charge in [-0.1, -0.05) is 15.9 Å². The van der Waals surface area contributed by atoms with E-state index in [2.05, 4.69) is 20.9 Å². The lowest BCUT2D eigenvalue weighted by molar-refractivity contribution is 0.625. The largest absolute Gasteiger partial charge is 0.296 e. The lowest BCUT2D eigenvalue weighted by Gasteiger charge is -2.10. The van der Waals surface area contributed by atoms with Gasteiger partial charge in [-0.05, 0) is 48.9 Å². The van der Waals surface area contributed by atoms with Crippen LogP contribution in [0.15, 0.2) is 40.9 Å². The molecule has 0 aliphatic heterocycles. The van der Waals surface area contributed by atoms with Crippen molar-refractivity contribution in [2.45, 2.75) is 13.3 Å². The van der Waals surface area contributed by atoms with Crippen molar-refractivity contribution in [2.75, 3.05) is 5.88 Å². The molecule has 1 aromatic heterocycles. The Bertz CT molecular complexity index is 793. The summed E-state index contributed by atoms with van der Waals surface area (Å²) in [6.07, 6.45) is 0.628. The van der Waals surface area contributed by atoms with E-state index in [1.54, 1.807) is 0 Å². The average molecular weight is 368 g/mol. The molecule has 108 valence electrons. The smallest absolute Gasteiger partial charge is 0.125 e. The van der Waals surface area contributed by atoms with Gasteiger partial charge >= 0.3 is 0 Å². The van der Waals surface area contributed by atoms with Gasteiger partial charge in [-0.15, -0.1) is 11.6 Å². The van der Waals surface area contributed by atoms with E-state index in [1.165, 1.54) is 12.1 Å². The van der Waals surface area contributed by atoms with Crippen molar-refractivity contribution >= 4 is 38.6 Å². The second kappa shape index (κ2) is 5.78. The molecule has 21 heavy (non-hydrogen) atoms. The zero-order valence-electron chi connectivity index (χ0n) is 11.4. The summed E-state index contributed by atoms with van der Waals surface area (Å²) in [7, 11) is 0. The van der Waals surface area contributed by atoms with E-state index in [0.717, 1.165) is 32.6 Å². The SMILES string of the molecule is Cc1cc(F)cc(-n2c(CCCl)nc3ccc(Br)cc32)c1. The molecule has 1 heterocycles. The molecule has 3 rings (SSSR count). The van der Waals surface area contributed by atoms with Gasteiger partial charge in [0.05, 0.1) is 16.7 Å². The van der Waals surface area contributed by atoms with Crippen molar-refractivity contribution < 1.29 is 4.39 Å². The molecule has 0 amide bonds. The maximum atomic E-state index is 13.7. The van der Waals surface area contributed by atoms with E-state index < -0.39 is 0 Å². The Balaban J connectivity index is 2.32. The Hall–Kier alpha value is -1.39. The molecule has 0 radical (unpaired) electrons. The third-order valence-electron chi connectivity index (χ3n) is 3.29. The minimum absolute atomic E-state index is 0.251. The Kier molecular flexibility index (Phi) is 4.00. The van der Waals surface area contributed by atoms with Crippen molar-refractivity contribution in [2.24, 2.45) is 0 Å². The summed E-state index contributed by atoms with van der Waals surface area (Å²) in [5, 5.41) is 0. The normalized spacial score (nSPS) is 11.2. The molecular formula is C16H13BrClFN2. The first kappa shape index (κ1) is 14.5. The van der Waals surface area contributed by atoms with Gasteiger partial charge in [0.25, 0.3) is 0 Å². The van der Waals surface area contributed by atoms with Crippen molar-refractivity contribution in [1.29, 1.82) is 0 Å². The summed E-state index contributed by atoms with van der Waals surface area (Å²) in [6.45, 7) is 1.88. The van der Waals surface area contributed by atoms with E-state index in [-0.39, 0.29) is 5.82 Å². The number of rotatable bonds is 3. The molecule has 0 spiro atoms. The molecule has 0 aliphatic carbocycles. The Morgan fingerprint density at radius 1 is 1.24 bits per heavy atom. The van der Waals surface area contributed by atoms with Crippen LogP contribution in [0, 0.1) is 12.7 Å².